The average Bonchev–Trinajstić information content (AvgIpc) is 2.60. The van der Waals surface area contributed by atoms with Crippen LogP contribution < -0.4 is 0 Å². The highest BCUT2D eigenvalue weighted by atomic mass is 19.1. The lowest BCUT2D eigenvalue weighted by Gasteiger charge is -2.35. The summed E-state index contributed by atoms with van der Waals surface area (Å²) in [6.45, 7) is 10.2. The van der Waals surface area contributed by atoms with Crippen molar-refractivity contribution in [3.8, 4) is 0 Å². The predicted molar refractivity (Wildman–Crippen MR) is 103 cm³/mol. The number of likely N-dealkylation sites (tertiary alicyclic amines) is 1. The summed E-state index contributed by atoms with van der Waals surface area (Å²) in [7, 11) is 0. The third-order valence-corrected chi connectivity index (χ3v) is 4.75. The number of nitrogens with zero attached hydrogens (tertiary/aromatic N) is 2. The van der Waals surface area contributed by atoms with E-state index in [1.807, 2.05) is 32.6 Å². The Morgan fingerprint density at radius 1 is 1.19 bits per heavy atom. The van der Waals surface area contributed by atoms with Crippen LogP contribution in [0.1, 0.15) is 46.1 Å². The van der Waals surface area contributed by atoms with E-state index in [0.717, 1.165) is 18.4 Å². The lowest BCUT2D eigenvalue weighted by molar-refractivity contribution is -0.131. The van der Waals surface area contributed by atoms with Crippen molar-refractivity contribution in [2.75, 3.05) is 26.2 Å². The van der Waals surface area contributed by atoms with E-state index in [0.29, 0.717) is 38.5 Å². The van der Waals surface area contributed by atoms with Crippen LogP contribution in [0.2, 0.25) is 0 Å². The van der Waals surface area contributed by atoms with E-state index in [2.05, 4.69) is 0 Å². The molecular formula is C21H31FN2O3. The Labute approximate surface area is 161 Å². The Hall–Kier alpha value is -2.11. The minimum absolute atomic E-state index is 0.0690. The lowest BCUT2D eigenvalue weighted by Crippen LogP contribution is -2.44. The topological polar surface area (TPSA) is 49.9 Å². The van der Waals surface area contributed by atoms with E-state index in [9.17, 15) is 14.0 Å². The first kappa shape index (κ1) is 21.2. The SMILES string of the molecule is CCN(CC1CCN(C(=O)Cc2ccc(F)cc2)CC1)C(=O)OC(C)(C)C. The van der Waals surface area contributed by atoms with Crippen molar-refractivity contribution in [2.24, 2.45) is 5.92 Å². The average molecular weight is 378 g/mol. The van der Waals surface area contributed by atoms with Gasteiger partial charge in [-0.25, -0.2) is 9.18 Å². The second-order valence-corrected chi connectivity index (χ2v) is 8.15. The maximum atomic E-state index is 13.0. The summed E-state index contributed by atoms with van der Waals surface area (Å²) in [5.74, 6) is 0.143. The number of ether oxygens (including phenoxy) is 1. The fourth-order valence-electron chi connectivity index (χ4n) is 3.22. The molecule has 0 aliphatic carbocycles. The molecule has 150 valence electrons. The summed E-state index contributed by atoms with van der Waals surface area (Å²) >= 11 is 0. The van der Waals surface area contributed by atoms with Gasteiger partial charge >= 0.3 is 6.09 Å². The smallest absolute Gasteiger partial charge is 0.410 e. The van der Waals surface area contributed by atoms with E-state index < -0.39 is 5.60 Å². The number of piperidine rings is 1. The Bertz CT molecular complexity index is 632. The van der Waals surface area contributed by atoms with Crippen molar-refractivity contribution in [3.05, 3.63) is 35.6 Å². The molecule has 0 saturated carbocycles. The monoisotopic (exact) mass is 378 g/mol. The highest BCUT2D eigenvalue weighted by Gasteiger charge is 2.27. The van der Waals surface area contributed by atoms with E-state index in [4.69, 9.17) is 4.74 Å². The van der Waals surface area contributed by atoms with E-state index in [1.54, 1.807) is 17.0 Å². The molecule has 1 heterocycles. The molecular weight excluding hydrogens is 347 g/mol. The van der Waals surface area contributed by atoms with Gasteiger partial charge in [0.25, 0.3) is 0 Å². The van der Waals surface area contributed by atoms with E-state index >= 15 is 0 Å². The highest BCUT2D eigenvalue weighted by molar-refractivity contribution is 5.78. The van der Waals surface area contributed by atoms with Gasteiger partial charge in [0.1, 0.15) is 11.4 Å². The number of amides is 2. The van der Waals surface area contributed by atoms with Gasteiger partial charge in [0.2, 0.25) is 5.91 Å². The number of hydrogen-bond acceptors (Lipinski definition) is 3. The van der Waals surface area contributed by atoms with Gasteiger partial charge in [0.15, 0.2) is 0 Å². The molecule has 1 aromatic rings. The number of hydrogen-bond donors (Lipinski definition) is 0. The first-order valence-corrected chi connectivity index (χ1v) is 9.68. The van der Waals surface area contributed by atoms with Crippen LogP contribution in [0.15, 0.2) is 24.3 Å². The van der Waals surface area contributed by atoms with Crippen molar-refractivity contribution >= 4 is 12.0 Å². The zero-order chi connectivity index (χ0) is 20.0. The summed E-state index contributed by atoms with van der Waals surface area (Å²) in [4.78, 5) is 28.3. The molecule has 2 amide bonds. The van der Waals surface area contributed by atoms with E-state index in [-0.39, 0.29) is 17.8 Å². The highest BCUT2D eigenvalue weighted by Crippen LogP contribution is 2.20. The number of carbonyl (C=O) groups is 2. The maximum absolute atomic E-state index is 13.0. The molecule has 27 heavy (non-hydrogen) atoms. The number of carbonyl (C=O) groups excluding carboxylic acids is 2. The lowest BCUT2D eigenvalue weighted by atomic mass is 9.95. The summed E-state index contributed by atoms with van der Waals surface area (Å²) < 4.78 is 18.4. The molecule has 1 saturated heterocycles. The zero-order valence-corrected chi connectivity index (χ0v) is 16.8. The Morgan fingerprint density at radius 3 is 2.30 bits per heavy atom. The van der Waals surface area contributed by atoms with Gasteiger partial charge in [-0.15, -0.1) is 0 Å². The van der Waals surface area contributed by atoms with Gasteiger partial charge in [0, 0.05) is 26.2 Å². The van der Waals surface area contributed by atoms with Crippen molar-refractivity contribution < 1.29 is 18.7 Å². The van der Waals surface area contributed by atoms with Crippen LogP contribution in [0, 0.1) is 11.7 Å². The third-order valence-electron chi connectivity index (χ3n) is 4.75. The van der Waals surface area contributed by atoms with Crippen molar-refractivity contribution in [1.82, 2.24) is 9.80 Å². The fraction of sp³-hybridized carbons (Fsp3) is 0.619. The molecule has 0 bridgehead atoms. The maximum Gasteiger partial charge on any atom is 0.410 e. The van der Waals surface area contributed by atoms with Crippen LogP contribution in [-0.4, -0.2) is 53.6 Å². The Morgan fingerprint density at radius 2 is 1.78 bits per heavy atom. The molecule has 0 spiro atoms. The van der Waals surface area contributed by atoms with Crippen molar-refractivity contribution in [1.29, 1.82) is 0 Å². The zero-order valence-electron chi connectivity index (χ0n) is 16.8. The van der Waals surface area contributed by atoms with Crippen LogP contribution in [0.3, 0.4) is 0 Å². The Kier molecular flexibility index (Phi) is 7.22. The number of rotatable bonds is 5. The van der Waals surface area contributed by atoms with Crippen LogP contribution in [-0.2, 0) is 16.0 Å². The summed E-state index contributed by atoms with van der Waals surface area (Å²) in [6.07, 6.45) is 1.76. The van der Waals surface area contributed by atoms with Crippen LogP contribution in [0.5, 0.6) is 0 Å². The molecule has 1 aliphatic rings. The number of halogens is 1. The Balaban J connectivity index is 1.80. The van der Waals surface area contributed by atoms with Gasteiger partial charge in [-0.3, -0.25) is 4.79 Å². The fourth-order valence-corrected chi connectivity index (χ4v) is 3.22. The standard InChI is InChI=1S/C21H31FN2O3/c1-5-23(20(26)27-21(2,3)4)15-17-10-12-24(13-11-17)19(25)14-16-6-8-18(22)9-7-16/h6-9,17H,5,10-15H2,1-4H3. The molecule has 0 radical (unpaired) electrons. The van der Waals surface area contributed by atoms with Crippen molar-refractivity contribution in [2.45, 2.75) is 52.6 Å². The van der Waals surface area contributed by atoms with Gasteiger partial charge < -0.3 is 14.5 Å². The molecule has 0 unspecified atom stereocenters. The molecule has 6 heteroatoms. The molecule has 0 aromatic heterocycles. The predicted octanol–water partition coefficient (Wildman–Crippen LogP) is 3.86. The molecule has 0 N–H and O–H groups in total. The molecule has 0 atom stereocenters. The second-order valence-electron chi connectivity index (χ2n) is 8.15. The van der Waals surface area contributed by atoms with Gasteiger partial charge in [-0.1, -0.05) is 12.1 Å². The van der Waals surface area contributed by atoms with Crippen molar-refractivity contribution in [3.63, 3.8) is 0 Å². The molecule has 1 aliphatic heterocycles. The van der Waals surface area contributed by atoms with Crippen LogP contribution in [0.25, 0.3) is 0 Å². The summed E-state index contributed by atoms with van der Waals surface area (Å²) in [6, 6.07) is 6.07. The first-order chi connectivity index (χ1) is 12.7. The minimum Gasteiger partial charge on any atom is -0.444 e. The normalized spacial score (nSPS) is 15.5. The molecule has 1 fully saturated rings. The van der Waals surface area contributed by atoms with E-state index in [1.165, 1.54) is 12.1 Å². The number of benzene rings is 1. The first-order valence-electron chi connectivity index (χ1n) is 9.68. The summed E-state index contributed by atoms with van der Waals surface area (Å²) in [5.41, 5.74) is 0.325. The third kappa shape index (κ3) is 6.85. The largest absolute Gasteiger partial charge is 0.444 e. The quantitative estimate of drug-likeness (QED) is 0.782. The molecule has 5 nitrogen and oxygen atoms in total. The van der Waals surface area contributed by atoms with Crippen LogP contribution in [0.4, 0.5) is 9.18 Å². The van der Waals surface area contributed by atoms with Gasteiger partial charge in [-0.05, 0) is 64.2 Å². The summed E-state index contributed by atoms with van der Waals surface area (Å²) in [5, 5.41) is 0. The molecule has 1 aromatic carbocycles. The minimum atomic E-state index is -0.499. The van der Waals surface area contributed by atoms with Crippen LogP contribution >= 0.6 is 0 Å². The second kappa shape index (κ2) is 9.20. The van der Waals surface area contributed by atoms with Gasteiger partial charge in [-0.2, -0.15) is 0 Å². The molecule has 2 rings (SSSR count). The van der Waals surface area contributed by atoms with Gasteiger partial charge in [0.05, 0.1) is 6.42 Å².